The van der Waals surface area contributed by atoms with Crippen LogP contribution in [0, 0.1) is 0 Å². The summed E-state index contributed by atoms with van der Waals surface area (Å²) in [4.78, 5) is 0. The highest BCUT2D eigenvalue weighted by molar-refractivity contribution is 7.85. The first-order valence-corrected chi connectivity index (χ1v) is 9.48. The molecule has 0 unspecified atom stereocenters. The van der Waals surface area contributed by atoms with E-state index >= 15 is 0 Å². The van der Waals surface area contributed by atoms with Crippen LogP contribution in [0.4, 0.5) is 0 Å². The van der Waals surface area contributed by atoms with Crippen LogP contribution in [0.3, 0.4) is 0 Å². The van der Waals surface area contributed by atoms with Gasteiger partial charge in [0.2, 0.25) is 0 Å². The van der Waals surface area contributed by atoms with Crippen molar-refractivity contribution < 1.29 is 22.4 Å². The van der Waals surface area contributed by atoms with Crippen molar-refractivity contribution in [3.05, 3.63) is 48.5 Å². The van der Waals surface area contributed by atoms with Gasteiger partial charge in [0, 0.05) is 5.56 Å². The minimum Gasteiger partial charge on any atom is -0.497 e. The van der Waals surface area contributed by atoms with Gasteiger partial charge in [0.05, 0.1) is 20.0 Å². The summed E-state index contributed by atoms with van der Waals surface area (Å²) >= 11 is 0. The summed E-state index contributed by atoms with van der Waals surface area (Å²) in [7, 11) is -2.00. The molecule has 0 heterocycles. The Morgan fingerprint density at radius 1 is 1.04 bits per heavy atom. The first-order valence-electron chi connectivity index (χ1n) is 7.64. The van der Waals surface area contributed by atoms with E-state index in [9.17, 15) is 8.42 Å². The lowest BCUT2D eigenvalue weighted by atomic mass is 10.0. The maximum absolute atomic E-state index is 9.19. The Morgan fingerprint density at radius 2 is 1.58 bits per heavy atom. The molecule has 0 atom stereocenters. The number of rotatable bonds is 4. The molecule has 134 valence electrons. The zero-order valence-electron chi connectivity index (χ0n) is 14.8. The molecule has 5 nitrogen and oxygen atoms in total. The highest BCUT2D eigenvalue weighted by Crippen LogP contribution is 2.33. The van der Waals surface area contributed by atoms with E-state index in [1.807, 2.05) is 57.2 Å². The van der Waals surface area contributed by atoms with Crippen LogP contribution in [0.2, 0.25) is 0 Å². The summed E-state index contributed by atoms with van der Waals surface area (Å²) in [6.45, 7) is 6.64. The molecule has 2 aromatic rings. The second kappa shape index (κ2) is 11.5. The lowest BCUT2D eigenvalue weighted by molar-refractivity contribution is 0.340. The van der Waals surface area contributed by atoms with Gasteiger partial charge in [-0.15, -0.1) is 0 Å². The average molecular weight is 354 g/mol. The van der Waals surface area contributed by atoms with Gasteiger partial charge in [-0.05, 0) is 30.7 Å². The molecule has 6 heteroatoms. The van der Waals surface area contributed by atoms with Crippen LogP contribution in [0.25, 0.3) is 11.1 Å². The SMILES string of the molecule is CC.CCOc1ccc(OC)cc1-c1ccccc1.CS(=O)(=O)O. The Labute approximate surface area is 145 Å². The third-order valence-electron chi connectivity index (χ3n) is 2.57. The van der Waals surface area contributed by atoms with Crippen LogP contribution >= 0.6 is 0 Å². The third-order valence-corrected chi connectivity index (χ3v) is 2.57. The van der Waals surface area contributed by atoms with Gasteiger partial charge in [-0.2, -0.15) is 8.42 Å². The van der Waals surface area contributed by atoms with Crippen LogP contribution in [-0.2, 0) is 10.1 Å². The minimum absolute atomic E-state index is 0.659. The predicted molar refractivity (Wildman–Crippen MR) is 98.4 cm³/mol. The number of methoxy groups -OCH3 is 1. The fourth-order valence-corrected chi connectivity index (χ4v) is 1.76. The minimum atomic E-state index is -3.67. The molecular formula is C18H26O5S. The number of ether oxygens (including phenoxy) is 2. The molecule has 0 amide bonds. The molecule has 2 rings (SSSR count). The van der Waals surface area contributed by atoms with Crippen molar-refractivity contribution in [1.29, 1.82) is 0 Å². The standard InChI is InChI=1S/C15H16O2.C2H6.CH4O3S/c1-3-17-15-10-9-13(16-2)11-14(15)12-7-5-4-6-8-12;1-2;1-5(2,3)4/h4-11H,3H2,1-2H3;1-2H3;1H3,(H,2,3,4). The summed E-state index contributed by atoms with van der Waals surface area (Å²) in [5.41, 5.74) is 2.20. The van der Waals surface area contributed by atoms with Gasteiger partial charge in [0.15, 0.2) is 0 Å². The second-order valence-corrected chi connectivity index (χ2v) is 5.86. The summed E-state index contributed by atoms with van der Waals surface area (Å²) < 4.78 is 36.8. The monoisotopic (exact) mass is 354 g/mol. The first-order chi connectivity index (χ1) is 11.3. The van der Waals surface area contributed by atoms with Crippen LogP contribution in [0.15, 0.2) is 48.5 Å². The average Bonchev–Trinajstić information content (AvgIpc) is 2.57. The summed E-state index contributed by atoms with van der Waals surface area (Å²) in [6.07, 6.45) is 0.715. The second-order valence-electron chi connectivity index (χ2n) is 4.39. The lowest BCUT2D eigenvalue weighted by Gasteiger charge is -2.11. The number of hydrogen-bond donors (Lipinski definition) is 1. The maximum Gasteiger partial charge on any atom is 0.261 e. The highest BCUT2D eigenvalue weighted by atomic mass is 32.2. The molecule has 0 saturated heterocycles. The summed E-state index contributed by atoms with van der Waals surface area (Å²) in [5.74, 6) is 1.73. The van der Waals surface area contributed by atoms with Crippen molar-refractivity contribution in [1.82, 2.24) is 0 Å². The fraction of sp³-hybridized carbons (Fsp3) is 0.333. The molecule has 1 N–H and O–H groups in total. The van der Waals surface area contributed by atoms with E-state index in [2.05, 4.69) is 12.1 Å². The van der Waals surface area contributed by atoms with E-state index in [0.717, 1.165) is 22.6 Å². The van der Waals surface area contributed by atoms with Crippen LogP contribution in [0.5, 0.6) is 11.5 Å². The molecule has 0 radical (unpaired) electrons. The fourth-order valence-electron chi connectivity index (χ4n) is 1.76. The molecule has 2 aromatic carbocycles. The molecule has 0 aromatic heterocycles. The topological polar surface area (TPSA) is 72.8 Å². The zero-order chi connectivity index (χ0) is 18.6. The molecule has 0 aliphatic heterocycles. The first kappa shape index (κ1) is 21.9. The van der Waals surface area contributed by atoms with Gasteiger partial charge in [-0.3, -0.25) is 4.55 Å². The van der Waals surface area contributed by atoms with Crippen molar-refractivity contribution in [2.75, 3.05) is 20.0 Å². The van der Waals surface area contributed by atoms with Crippen molar-refractivity contribution in [3.8, 4) is 22.6 Å². The highest BCUT2D eigenvalue weighted by Gasteiger charge is 2.07. The lowest BCUT2D eigenvalue weighted by Crippen LogP contribution is -1.94. The molecule has 0 fully saturated rings. The summed E-state index contributed by atoms with van der Waals surface area (Å²) in [5, 5.41) is 0. The van der Waals surface area contributed by atoms with Crippen molar-refractivity contribution in [3.63, 3.8) is 0 Å². The zero-order valence-corrected chi connectivity index (χ0v) is 15.6. The molecule has 0 bridgehead atoms. The van der Waals surface area contributed by atoms with Crippen molar-refractivity contribution >= 4 is 10.1 Å². The Hall–Kier alpha value is -2.05. The molecule has 0 aliphatic carbocycles. The number of benzene rings is 2. The van der Waals surface area contributed by atoms with Gasteiger partial charge in [-0.25, -0.2) is 0 Å². The van der Waals surface area contributed by atoms with E-state index in [-0.39, 0.29) is 0 Å². The van der Waals surface area contributed by atoms with Crippen LogP contribution in [0.1, 0.15) is 20.8 Å². The smallest absolute Gasteiger partial charge is 0.261 e. The van der Waals surface area contributed by atoms with Gasteiger partial charge in [0.1, 0.15) is 11.5 Å². The molecule has 24 heavy (non-hydrogen) atoms. The van der Waals surface area contributed by atoms with E-state index in [1.165, 1.54) is 0 Å². The Balaban J connectivity index is 0.000000650. The van der Waals surface area contributed by atoms with Crippen LogP contribution < -0.4 is 9.47 Å². The Bertz CT molecular complexity index is 674. The number of hydrogen-bond acceptors (Lipinski definition) is 4. The molecule has 0 aliphatic rings. The normalized spacial score (nSPS) is 9.75. The van der Waals surface area contributed by atoms with E-state index in [0.29, 0.717) is 12.9 Å². The van der Waals surface area contributed by atoms with E-state index in [4.69, 9.17) is 14.0 Å². The van der Waals surface area contributed by atoms with Crippen LogP contribution in [-0.4, -0.2) is 32.9 Å². The third kappa shape index (κ3) is 9.17. The Morgan fingerprint density at radius 3 is 2.04 bits per heavy atom. The van der Waals surface area contributed by atoms with Gasteiger partial charge >= 0.3 is 0 Å². The van der Waals surface area contributed by atoms with Gasteiger partial charge in [-0.1, -0.05) is 44.2 Å². The predicted octanol–water partition coefficient (Wildman–Crippen LogP) is 4.29. The quantitative estimate of drug-likeness (QED) is 0.829. The van der Waals surface area contributed by atoms with E-state index in [1.54, 1.807) is 7.11 Å². The van der Waals surface area contributed by atoms with Crippen molar-refractivity contribution in [2.24, 2.45) is 0 Å². The molecular weight excluding hydrogens is 328 g/mol. The summed E-state index contributed by atoms with van der Waals surface area (Å²) in [6, 6.07) is 16.0. The maximum atomic E-state index is 9.19. The largest absolute Gasteiger partial charge is 0.497 e. The molecule has 0 spiro atoms. The van der Waals surface area contributed by atoms with E-state index < -0.39 is 10.1 Å². The Kier molecular flexibility index (Phi) is 10.5. The van der Waals surface area contributed by atoms with Gasteiger partial charge < -0.3 is 9.47 Å². The molecule has 0 saturated carbocycles. The van der Waals surface area contributed by atoms with Gasteiger partial charge in [0.25, 0.3) is 10.1 Å². The van der Waals surface area contributed by atoms with Crippen molar-refractivity contribution in [2.45, 2.75) is 20.8 Å².